The lowest BCUT2D eigenvalue weighted by Crippen LogP contribution is -2.09. The Balaban J connectivity index is 2.21. The van der Waals surface area contributed by atoms with Gasteiger partial charge in [-0.15, -0.1) is 0 Å². The molecule has 110 valence electrons. The highest BCUT2D eigenvalue weighted by Gasteiger charge is 2.18. The van der Waals surface area contributed by atoms with Crippen molar-refractivity contribution in [3.63, 3.8) is 0 Å². The van der Waals surface area contributed by atoms with Gasteiger partial charge in [-0.25, -0.2) is 9.48 Å². The molecule has 2 heterocycles. The second-order valence-electron chi connectivity index (χ2n) is 5.09. The van der Waals surface area contributed by atoms with Crippen molar-refractivity contribution in [2.75, 3.05) is 0 Å². The minimum Gasteiger partial charge on any atom is -0.477 e. The summed E-state index contributed by atoms with van der Waals surface area (Å²) in [6, 6.07) is 11.0. The number of carbonyl (C=O) groups is 1. The minimum atomic E-state index is -1.01. The van der Waals surface area contributed by atoms with Gasteiger partial charge in [0.25, 0.3) is 0 Å². The number of aromatic carboxylic acids is 1. The topological polar surface area (TPSA) is 68.0 Å². The Labute approximate surface area is 127 Å². The molecule has 3 aromatic rings. The van der Waals surface area contributed by atoms with E-state index in [4.69, 9.17) is 0 Å². The summed E-state index contributed by atoms with van der Waals surface area (Å²) in [6.07, 6.45) is 3.34. The fourth-order valence-electron chi connectivity index (χ4n) is 2.34. The van der Waals surface area contributed by atoms with Gasteiger partial charge in [0.2, 0.25) is 0 Å². The van der Waals surface area contributed by atoms with Crippen molar-refractivity contribution in [1.82, 2.24) is 14.8 Å². The van der Waals surface area contributed by atoms with Gasteiger partial charge >= 0.3 is 5.97 Å². The van der Waals surface area contributed by atoms with Crippen LogP contribution in [-0.2, 0) is 0 Å². The smallest absolute Gasteiger partial charge is 0.354 e. The van der Waals surface area contributed by atoms with Crippen LogP contribution >= 0.6 is 0 Å². The van der Waals surface area contributed by atoms with Crippen LogP contribution in [0.4, 0.5) is 0 Å². The van der Waals surface area contributed by atoms with E-state index in [1.807, 2.05) is 38.1 Å². The number of hydrogen-bond donors (Lipinski definition) is 1. The molecule has 0 aliphatic carbocycles. The van der Waals surface area contributed by atoms with E-state index in [2.05, 4.69) is 10.1 Å². The fraction of sp³-hybridized carbons (Fsp3) is 0.118. The van der Waals surface area contributed by atoms with E-state index >= 15 is 0 Å². The summed E-state index contributed by atoms with van der Waals surface area (Å²) in [7, 11) is 0. The zero-order valence-electron chi connectivity index (χ0n) is 12.3. The number of carboxylic acid groups (broad SMARTS) is 1. The van der Waals surface area contributed by atoms with E-state index in [1.54, 1.807) is 24.5 Å². The first-order chi connectivity index (χ1) is 10.6. The average Bonchev–Trinajstić information content (AvgIpc) is 2.96. The fourth-order valence-corrected chi connectivity index (χ4v) is 2.34. The minimum absolute atomic E-state index is 0.132. The number of aryl methyl sites for hydroxylation is 1. The van der Waals surface area contributed by atoms with Gasteiger partial charge in [-0.05, 0) is 49.2 Å². The Kier molecular flexibility index (Phi) is 3.47. The maximum atomic E-state index is 11.6. The number of carboxylic acids is 1. The number of benzene rings is 1. The van der Waals surface area contributed by atoms with Crippen LogP contribution in [0.25, 0.3) is 16.9 Å². The molecule has 0 fully saturated rings. The summed E-state index contributed by atoms with van der Waals surface area (Å²) in [4.78, 5) is 15.6. The van der Waals surface area contributed by atoms with Gasteiger partial charge < -0.3 is 5.11 Å². The molecule has 0 aliphatic heterocycles. The summed E-state index contributed by atoms with van der Waals surface area (Å²) < 4.78 is 1.48. The van der Waals surface area contributed by atoms with Crippen molar-refractivity contribution in [2.45, 2.75) is 13.8 Å². The molecule has 0 radical (unpaired) electrons. The van der Waals surface area contributed by atoms with Gasteiger partial charge in [0.05, 0.1) is 11.4 Å². The SMILES string of the molecule is Cc1cccc(-n2nc(-c3cccnc3)cc2C(=O)O)c1C. The first kappa shape index (κ1) is 14.0. The molecule has 5 nitrogen and oxygen atoms in total. The van der Waals surface area contributed by atoms with E-state index < -0.39 is 5.97 Å². The number of nitrogens with zero attached hydrogens (tertiary/aromatic N) is 3. The first-order valence-electron chi connectivity index (χ1n) is 6.88. The molecule has 0 atom stereocenters. The average molecular weight is 293 g/mol. The van der Waals surface area contributed by atoms with Crippen LogP contribution in [0.2, 0.25) is 0 Å². The predicted octanol–water partition coefficient (Wildman–Crippen LogP) is 3.25. The number of pyridine rings is 1. The molecular weight excluding hydrogens is 278 g/mol. The van der Waals surface area contributed by atoms with E-state index in [-0.39, 0.29) is 5.69 Å². The molecule has 5 heteroatoms. The molecule has 3 rings (SSSR count). The number of hydrogen-bond acceptors (Lipinski definition) is 3. The maximum Gasteiger partial charge on any atom is 0.354 e. The maximum absolute atomic E-state index is 11.6. The van der Waals surface area contributed by atoms with Crippen LogP contribution in [0.5, 0.6) is 0 Å². The lowest BCUT2D eigenvalue weighted by Gasteiger charge is -2.10. The van der Waals surface area contributed by atoms with Crippen LogP contribution in [0, 0.1) is 13.8 Å². The molecule has 2 aromatic heterocycles. The van der Waals surface area contributed by atoms with Gasteiger partial charge in [0.15, 0.2) is 5.69 Å². The summed E-state index contributed by atoms with van der Waals surface area (Å²) in [6.45, 7) is 3.95. The standard InChI is InChI=1S/C17H15N3O2/c1-11-5-3-7-15(12(11)2)20-16(17(21)22)9-14(19-20)13-6-4-8-18-10-13/h3-10H,1-2H3,(H,21,22). The summed E-state index contributed by atoms with van der Waals surface area (Å²) in [5, 5.41) is 13.9. The van der Waals surface area contributed by atoms with Crippen LogP contribution < -0.4 is 0 Å². The second-order valence-corrected chi connectivity index (χ2v) is 5.09. The van der Waals surface area contributed by atoms with Gasteiger partial charge in [-0.3, -0.25) is 4.98 Å². The molecule has 0 saturated carbocycles. The molecule has 0 spiro atoms. The van der Waals surface area contributed by atoms with Crippen LogP contribution in [0.15, 0.2) is 48.8 Å². The molecule has 0 unspecified atom stereocenters. The summed E-state index contributed by atoms with van der Waals surface area (Å²) in [5.41, 5.74) is 4.37. The Hall–Kier alpha value is -2.95. The van der Waals surface area contributed by atoms with E-state index in [0.717, 1.165) is 22.4 Å². The highest BCUT2D eigenvalue weighted by molar-refractivity contribution is 5.88. The van der Waals surface area contributed by atoms with Crippen molar-refractivity contribution in [3.05, 3.63) is 65.6 Å². The largest absolute Gasteiger partial charge is 0.477 e. The third-order valence-electron chi connectivity index (χ3n) is 3.69. The predicted molar refractivity (Wildman–Crippen MR) is 83.2 cm³/mol. The Morgan fingerprint density at radius 1 is 1.18 bits per heavy atom. The summed E-state index contributed by atoms with van der Waals surface area (Å²) >= 11 is 0. The monoisotopic (exact) mass is 293 g/mol. The van der Waals surface area contributed by atoms with Crippen molar-refractivity contribution in [1.29, 1.82) is 0 Å². The third-order valence-corrected chi connectivity index (χ3v) is 3.69. The van der Waals surface area contributed by atoms with Crippen LogP contribution in [0.3, 0.4) is 0 Å². The Morgan fingerprint density at radius 2 is 2.00 bits per heavy atom. The molecule has 1 aromatic carbocycles. The van der Waals surface area contributed by atoms with Gasteiger partial charge in [-0.2, -0.15) is 5.10 Å². The van der Waals surface area contributed by atoms with Crippen LogP contribution in [-0.4, -0.2) is 25.8 Å². The zero-order chi connectivity index (χ0) is 15.7. The van der Waals surface area contributed by atoms with Crippen molar-refractivity contribution < 1.29 is 9.90 Å². The van der Waals surface area contributed by atoms with Gasteiger partial charge in [0.1, 0.15) is 0 Å². The highest BCUT2D eigenvalue weighted by Crippen LogP contribution is 2.24. The zero-order valence-corrected chi connectivity index (χ0v) is 12.3. The normalized spacial score (nSPS) is 10.6. The van der Waals surface area contributed by atoms with Crippen molar-refractivity contribution >= 4 is 5.97 Å². The summed E-state index contributed by atoms with van der Waals surface area (Å²) in [5.74, 6) is -1.01. The number of rotatable bonds is 3. The molecule has 0 saturated heterocycles. The Bertz CT molecular complexity index is 838. The lowest BCUT2D eigenvalue weighted by atomic mass is 10.1. The van der Waals surface area contributed by atoms with Gasteiger partial charge in [0, 0.05) is 18.0 Å². The quantitative estimate of drug-likeness (QED) is 0.805. The highest BCUT2D eigenvalue weighted by atomic mass is 16.4. The van der Waals surface area contributed by atoms with Crippen molar-refractivity contribution in [3.8, 4) is 16.9 Å². The third kappa shape index (κ3) is 2.37. The lowest BCUT2D eigenvalue weighted by molar-refractivity contribution is 0.0687. The molecule has 0 aliphatic rings. The molecule has 0 amide bonds. The second kappa shape index (κ2) is 5.44. The molecule has 22 heavy (non-hydrogen) atoms. The Morgan fingerprint density at radius 3 is 2.68 bits per heavy atom. The van der Waals surface area contributed by atoms with E-state index in [1.165, 1.54) is 4.68 Å². The first-order valence-corrected chi connectivity index (χ1v) is 6.88. The van der Waals surface area contributed by atoms with Gasteiger partial charge in [-0.1, -0.05) is 12.1 Å². The van der Waals surface area contributed by atoms with E-state index in [9.17, 15) is 9.90 Å². The number of aromatic nitrogens is 3. The molecule has 1 N–H and O–H groups in total. The van der Waals surface area contributed by atoms with Crippen LogP contribution in [0.1, 0.15) is 21.6 Å². The molecule has 0 bridgehead atoms. The molecular formula is C17H15N3O2. The van der Waals surface area contributed by atoms with E-state index in [0.29, 0.717) is 5.69 Å². The van der Waals surface area contributed by atoms with Crippen molar-refractivity contribution in [2.24, 2.45) is 0 Å².